The van der Waals surface area contributed by atoms with E-state index >= 15 is 0 Å². The standard InChI is InChI=1S/C8H9ClN4O/c1-4(2)13-5-6(9)10-3-11-7(5)12-8(13)14/h3-4H,1-2H3,(H,10,11,12,14). The lowest BCUT2D eigenvalue weighted by molar-refractivity contribution is 0.597. The molecule has 14 heavy (non-hydrogen) atoms. The number of halogens is 1. The molecule has 0 radical (unpaired) electrons. The lowest BCUT2D eigenvalue weighted by Crippen LogP contribution is -2.18. The summed E-state index contributed by atoms with van der Waals surface area (Å²) in [6.45, 7) is 3.80. The zero-order valence-electron chi connectivity index (χ0n) is 7.78. The van der Waals surface area contributed by atoms with E-state index in [1.807, 2.05) is 13.8 Å². The zero-order valence-corrected chi connectivity index (χ0v) is 8.54. The van der Waals surface area contributed by atoms with Crippen molar-refractivity contribution in [3.8, 4) is 0 Å². The van der Waals surface area contributed by atoms with Crippen molar-refractivity contribution in [3.05, 3.63) is 22.0 Å². The number of hydrogen-bond acceptors (Lipinski definition) is 3. The molecule has 0 aliphatic heterocycles. The molecule has 2 aromatic heterocycles. The number of aromatic amines is 1. The predicted octanol–water partition coefficient (Wildman–Crippen LogP) is 1.35. The van der Waals surface area contributed by atoms with Gasteiger partial charge >= 0.3 is 5.69 Å². The Morgan fingerprint density at radius 2 is 2.21 bits per heavy atom. The molecule has 74 valence electrons. The Labute approximate surface area is 84.8 Å². The molecule has 6 heteroatoms. The maximum atomic E-state index is 11.5. The van der Waals surface area contributed by atoms with Crippen LogP contribution in [0.15, 0.2) is 11.1 Å². The molecule has 0 amide bonds. The molecule has 0 spiro atoms. The van der Waals surface area contributed by atoms with Crippen LogP contribution in [0.1, 0.15) is 19.9 Å². The van der Waals surface area contributed by atoms with Crippen LogP contribution in [0.2, 0.25) is 5.15 Å². The molecule has 0 fully saturated rings. The van der Waals surface area contributed by atoms with Crippen LogP contribution in [-0.4, -0.2) is 19.5 Å². The second-order valence-electron chi connectivity index (χ2n) is 3.26. The topological polar surface area (TPSA) is 63.6 Å². The molecule has 0 aliphatic rings. The first-order chi connectivity index (χ1) is 6.61. The Kier molecular flexibility index (Phi) is 2.03. The molecule has 5 nitrogen and oxygen atoms in total. The second-order valence-corrected chi connectivity index (χ2v) is 3.61. The van der Waals surface area contributed by atoms with Crippen molar-refractivity contribution in [2.45, 2.75) is 19.9 Å². The Morgan fingerprint density at radius 3 is 2.86 bits per heavy atom. The van der Waals surface area contributed by atoms with Crippen molar-refractivity contribution in [3.63, 3.8) is 0 Å². The average molecular weight is 213 g/mol. The van der Waals surface area contributed by atoms with Crippen LogP contribution in [0.25, 0.3) is 11.2 Å². The van der Waals surface area contributed by atoms with Gasteiger partial charge in [0.1, 0.15) is 11.8 Å². The Bertz CT molecular complexity index is 528. The molecule has 0 saturated carbocycles. The number of fused-ring (bicyclic) bond motifs is 1. The number of hydrogen-bond donors (Lipinski definition) is 1. The highest BCUT2D eigenvalue weighted by atomic mass is 35.5. The van der Waals surface area contributed by atoms with E-state index in [9.17, 15) is 4.79 Å². The molecule has 2 heterocycles. The van der Waals surface area contributed by atoms with Crippen LogP contribution in [0.5, 0.6) is 0 Å². The summed E-state index contributed by atoms with van der Waals surface area (Å²) in [6, 6.07) is 0.0275. The van der Waals surface area contributed by atoms with Crippen LogP contribution >= 0.6 is 11.6 Å². The van der Waals surface area contributed by atoms with Gasteiger partial charge in [-0.1, -0.05) is 11.6 Å². The van der Waals surface area contributed by atoms with Crippen molar-refractivity contribution in [1.82, 2.24) is 19.5 Å². The van der Waals surface area contributed by atoms with E-state index in [1.54, 1.807) is 0 Å². The van der Waals surface area contributed by atoms with Crippen molar-refractivity contribution in [2.75, 3.05) is 0 Å². The summed E-state index contributed by atoms with van der Waals surface area (Å²) in [7, 11) is 0. The fraction of sp³-hybridized carbons (Fsp3) is 0.375. The third-order valence-electron chi connectivity index (χ3n) is 1.98. The van der Waals surface area contributed by atoms with E-state index in [4.69, 9.17) is 11.6 Å². The van der Waals surface area contributed by atoms with E-state index in [1.165, 1.54) is 10.9 Å². The van der Waals surface area contributed by atoms with E-state index in [2.05, 4.69) is 15.0 Å². The molecule has 0 aromatic carbocycles. The van der Waals surface area contributed by atoms with Crippen molar-refractivity contribution in [2.24, 2.45) is 0 Å². The SMILES string of the molecule is CC(C)n1c(=O)[nH]c2ncnc(Cl)c21. The minimum Gasteiger partial charge on any atom is -0.290 e. The van der Waals surface area contributed by atoms with Gasteiger partial charge < -0.3 is 0 Å². The zero-order chi connectivity index (χ0) is 10.3. The minimum absolute atomic E-state index is 0.0275. The fourth-order valence-corrected chi connectivity index (χ4v) is 1.64. The van der Waals surface area contributed by atoms with E-state index < -0.39 is 0 Å². The van der Waals surface area contributed by atoms with Gasteiger partial charge in [-0.25, -0.2) is 14.8 Å². The third kappa shape index (κ3) is 1.21. The summed E-state index contributed by atoms with van der Waals surface area (Å²) in [5.74, 6) is 0. The first kappa shape index (κ1) is 9.21. The van der Waals surface area contributed by atoms with Gasteiger partial charge in [-0.3, -0.25) is 9.55 Å². The minimum atomic E-state index is -0.211. The van der Waals surface area contributed by atoms with E-state index in [-0.39, 0.29) is 11.7 Å². The highest BCUT2D eigenvalue weighted by molar-refractivity contribution is 6.33. The predicted molar refractivity (Wildman–Crippen MR) is 53.5 cm³/mol. The third-order valence-corrected chi connectivity index (χ3v) is 2.26. The van der Waals surface area contributed by atoms with Crippen molar-refractivity contribution < 1.29 is 0 Å². The summed E-state index contributed by atoms with van der Waals surface area (Å²) in [4.78, 5) is 21.9. The normalized spacial score (nSPS) is 11.4. The number of aromatic nitrogens is 4. The monoisotopic (exact) mass is 212 g/mol. The van der Waals surface area contributed by atoms with Gasteiger partial charge in [0, 0.05) is 6.04 Å². The largest absolute Gasteiger partial charge is 0.327 e. The summed E-state index contributed by atoms with van der Waals surface area (Å²) < 4.78 is 1.54. The van der Waals surface area contributed by atoms with E-state index in [0.717, 1.165) is 0 Å². The second kappa shape index (κ2) is 3.09. The maximum Gasteiger partial charge on any atom is 0.327 e. The van der Waals surface area contributed by atoms with Gasteiger partial charge in [0.15, 0.2) is 10.8 Å². The molecule has 0 atom stereocenters. The first-order valence-corrected chi connectivity index (χ1v) is 4.59. The van der Waals surface area contributed by atoms with Crippen molar-refractivity contribution >= 4 is 22.8 Å². The van der Waals surface area contributed by atoms with Gasteiger partial charge in [0.25, 0.3) is 0 Å². The van der Waals surface area contributed by atoms with Gasteiger partial charge in [0.05, 0.1) is 0 Å². The van der Waals surface area contributed by atoms with Gasteiger partial charge in [-0.15, -0.1) is 0 Å². The molecule has 0 bridgehead atoms. The van der Waals surface area contributed by atoms with Crippen molar-refractivity contribution in [1.29, 1.82) is 0 Å². The molecule has 2 rings (SSSR count). The number of rotatable bonds is 1. The van der Waals surface area contributed by atoms with Crippen LogP contribution < -0.4 is 5.69 Å². The Morgan fingerprint density at radius 1 is 1.50 bits per heavy atom. The first-order valence-electron chi connectivity index (χ1n) is 4.22. The molecule has 0 aliphatic carbocycles. The summed E-state index contributed by atoms with van der Waals surface area (Å²) in [5.41, 5.74) is 0.829. The van der Waals surface area contributed by atoms with E-state index in [0.29, 0.717) is 16.3 Å². The van der Waals surface area contributed by atoms with Gasteiger partial charge in [0.2, 0.25) is 0 Å². The Balaban J connectivity index is 2.94. The molecule has 0 saturated heterocycles. The molecular weight excluding hydrogens is 204 g/mol. The quantitative estimate of drug-likeness (QED) is 0.726. The highest BCUT2D eigenvalue weighted by Gasteiger charge is 2.13. The summed E-state index contributed by atoms with van der Waals surface area (Å²) in [6.07, 6.45) is 1.32. The number of nitrogens with zero attached hydrogens (tertiary/aromatic N) is 3. The van der Waals surface area contributed by atoms with Crippen LogP contribution in [-0.2, 0) is 0 Å². The molecule has 2 aromatic rings. The smallest absolute Gasteiger partial charge is 0.290 e. The Hall–Kier alpha value is -1.36. The van der Waals surface area contributed by atoms with Crippen LogP contribution in [0.4, 0.5) is 0 Å². The highest BCUT2D eigenvalue weighted by Crippen LogP contribution is 2.18. The fourth-order valence-electron chi connectivity index (χ4n) is 1.42. The molecule has 0 unspecified atom stereocenters. The van der Waals surface area contributed by atoms with Gasteiger partial charge in [-0.05, 0) is 13.8 Å². The van der Waals surface area contributed by atoms with Gasteiger partial charge in [-0.2, -0.15) is 0 Å². The summed E-state index contributed by atoms with van der Waals surface area (Å²) >= 11 is 5.89. The van der Waals surface area contributed by atoms with Crippen LogP contribution in [0.3, 0.4) is 0 Å². The number of nitrogens with one attached hydrogen (secondary N) is 1. The van der Waals surface area contributed by atoms with Crippen LogP contribution in [0, 0.1) is 0 Å². The lowest BCUT2D eigenvalue weighted by atomic mass is 10.4. The number of H-pyrrole nitrogens is 1. The average Bonchev–Trinajstić information content (AvgIpc) is 2.42. The molecular formula is C8H9ClN4O. The number of imidazole rings is 1. The summed E-state index contributed by atoms with van der Waals surface area (Å²) in [5, 5.41) is 0.294. The molecule has 1 N–H and O–H groups in total. The lowest BCUT2D eigenvalue weighted by Gasteiger charge is -2.06. The maximum absolute atomic E-state index is 11.5.